The highest BCUT2D eigenvalue weighted by Crippen LogP contribution is 2.27. The molecule has 4 aromatic heterocycles. The summed E-state index contributed by atoms with van der Waals surface area (Å²) < 4.78 is 5.31. The maximum Gasteiger partial charge on any atom is 0.291 e. The highest BCUT2D eigenvalue weighted by molar-refractivity contribution is 6.07. The van der Waals surface area contributed by atoms with Crippen LogP contribution < -0.4 is 5.56 Å². The van der Waals surface area contributed by atoms with Crippen LogP contribution in [0.4, 0.5) is 0 Å². The minimum Gasteiger partial charge on any atom is -0.339 e. The van der Waals surface area contributed by atoms with E-state index in [0.29, 0.717) is 12.1 Å². The summed E-state index contributed by atoms with van der Waals surface area (Å²) in [6.07, 6.45) is 6.28. The molecule has 0 aliphatic carbocycles. The van der Waals surface area contributed by atoms with Gasteiger partial charge in [-0.2, -0.15) is 15.3 Å². The molecule has 4 heterocycles. The average molecular weight is 423 g/mol. The average Bonchev–Trinajstić information content (AvgIpc) is 3.49. The second-order valence-corrected chi connectivity index (χ2v) is 8.19. The van der Waals surface area contributed by atoms with Crippen LogP contribution in [-0.4, -0.2) is 34.3 Å². The summed E-state index contributed by atoms with van der Waals surface area (Å²) in [4.78, 5) is 13.4. The predicted octanol–water partition coefficient (Wildman–Crippen LogP) is 3.14. The summed E-state index contributed by atoms with van der Waals surface area (Å²) in [7, 11) is 3.86. The van der Waals surface area contributed by atoms with Crippen LogP contribution in [0.1, 0.15) is 16.8 Å². The van der Waals surface area contributed by atoms with Gasteiger partial charge < -0.3 is 4.57 Å². The molecule has 8 nitrogen and oxygen atoms in total. The third-order valence-electron chi connectivity index (χ3n) is 6.12. The molecule has 0 saturated heterocycles. The van der Waals surface area contributed by atoms with E-state index < -0.39 is 0 Å². The minimum absolute atomic E-state index is 0.104. The Balaban J connectivity index is 1.45. The van der Waals surface area contributed by atoms with Gasteiger partial charge in [-0.1, -0.05) is 24.3 Å². The van der Waals surface area contributed by atoms with Crippen molar-refractivity contribution in [1.29, 1.82) is 0 Å². The Morgan fingerprint density at radius 1 is 1.00 bits per heavy atom. The van der Waals surface area contributed by atoms with E-state index in [0.717, 1.165) is 50.4 Å². The van der Waals surface area contributed by atoms with Gasteiger partial charge in [0.15, 0.2) is 0 Å². The van der Waals surface area contributed by atoms with Crippen molar-refractivity contribution in [2.45, 2.75) is 13.0 Å². The molecule has 32 heavy (non-hydrogen) atoms. The van der Waals surface area contributed by atoms with Gasteiger partial charge in [-0.15, -0.1) is 0 Å². The molecule has 0 amide bonds. The number of nitrogens with zero attached hydrogens (tertiary/aromatic N) is 6. The quantitative estimate of drug-likeness (QED) is 0.472. The van der Waals surface area contributed by atoms with Crippen molar-refractivity contribution in [2.75, 3.05) is 0 Å². The lowest BCUT2D eigenvalue weighted by Crippen LogP contribution is -2.24. The van der Waals surface area contributed by atoms with Gasteiger partial charge in [-0.3, -0.25) is 14.6 Å². The summed E-state index contributed by atoms with van der Waals surface area (Å²) in [5, 5.41) is 19.0. The molecule has 0 aliphatic rings. The van der Waals surface area contributed by atoms with Crippen molar-refractivity contribution in [2.24, 2.45) is 14.1 Å². The molecule has 158 valence electrons. The van der Waals surface area contributed by atoms with Gasteiger partial charge in [-0.05, 0) is 29.3 Å². The number of nitrogens with one attached hydrogen (secondary N) is 1. The molecule has 1 N–H and O–H groups in total. The van der Waals surface area contributed by atoms with Crippen molar-refractivity contribution in [3.8, 4) is 0 Å². The molecule has 0 saturated carbocycles. The summed E-state index contributed by atoms with van der Waals surface area (Å²) in [5.74, 6) is 0. The van der Waals surface area contributed by atoms with E-state index in [1.165, 1.54) is 4.68 Å². The number of H-pyrrole nitrogens is 1. The molecule has 0 radical (unpaired) electrons. The smallest absolute Gasteiger partial charge is 0.291 e. The number of rotatable bonds is 4. The van der Waals surface area contributed by atoms with Crippen molar-refractivity contribution < 1.29 is 0 Å². The Hall–Kier alpha value is -4.20. The van der Waals surface area contributed by atoms with Crippen LogP contribution in [0.2, 0.25) is 0 Å². The topological polar surface area (TPSA) is 86.3 Å². The van der Waals surface area contributed by atoms with Gasteiger partial charge in [0, 0.05) is 48.4 Å². The van der Waals surface area contributed by atoms with E-state index in [2.05, 4.69) is 38.6 Å². The van der Waals surface area contributed by atoms with E-state index in [1.807, 2.05) is 53.8 Å². The van der Waals surface area contributed by atoms with Crippen molar-refractivity contribution in [3.05, 3.63) is 88.2 Å². The van der Waals surface area contributed by atoms with Crippen molar-refractivity contribution in [1.82, 2.24) is 34.3 Å². The highest BCUT2D eigenvalue weighted by Gasteiger charge is 2.15. The first kappa shape index (κ1) is 18.6. The Kier molecular flexibility index (Phi) is 4.01. The zero-order valence-electron chi connectivity index (χ0n) is 17.8. The van der Waals surface area contributed by atoms with E-state index in [4.69, 9.17) is 0 Å². The third-order valence-corrected chi connectivity index (χ3v) is 6.12. The number of fused-ring (bicyclic) bond motifs is 4. The molecule has 6 aromatic rings. The number of benzene rings is 2. The van der Waals surface area contributed by atoms with E-state index >= 15 is 0 Å². The van der Waals surface area contributed by atoms with Crippen LogP contribution in [-0.2, 0) is 27.1 Å². The standard InChI is InChI=1S/C24H21N7O/c1-29-9-8-17(28-29)10-15-6-7-18-20-13-26-31(24(32)23(20)30(2)22(18)11-15)14-16-4-3-5-21-19(16)12-25-27-21/h3-9,11-13H,10,14H2,1-2H3,(H,25,27). The summed E-state index contributed by atoms with van der Waals surface area (Å²) >= 11 is 0. The second kappa shape index (κ2) is 6.91. The fraction of sp³-hybridized carbons (Fsp3) is 0.167. The van der Waals surface area contributed by atoms with Crippen molar-refractivity contribution >= 4 is 32.7 Å². The monoisotopic (exact) mass is 423 g/mol. The Bertz CT molecular complexity index is 1680. The maximum atomic E-state index is 13.4. The number of aromatic nitrogens is 7. The minimum atomic E-state index is -0.104. The zero-order valence-corrected chi connectivity index (χ0v) is 17.8. The summed E-state index contributed by atoms with van der Waals surface area (Å²) in [6.45, 7) is 0.387. The van der Waals surface area contributed by atoms with Gasteiger partial charge in [-0.25, -0.2) is 4.68 Å². The lowest BCUT2D eigenvalue weighted by molar-refractivity contribution is 0.647. The highest BCUT2D eigenvalue weighted by atomic mass is 16.1. The van der Waals surface area contributed by atoms with E-state index in [1.54, 1.807) is 12.4 Å². The van der Waals surface area contributed by atoms with Crippen LogP contribution in [0.15, 0.2) is 65.8 Å². The van der Waals surface area contributed by atoms with Crippen LogP contribution in [0.3, 0.4) is 0 Å². The predicted molar refractivity (Wildman–Crippen MR) is 124 cm³/mol. The first-order chi connectivity index (χ1) is 15.6. The van der Waals surface area contributed by atoms with Crippen LogP contribution in [0, 0.1) is 0 Å². The van der Waals surface area contributed by atoms with Gasteiger partial charge >= 0.3 is 0 Å². The van der Waals surface area contributed by atoms with E-state index in [9.17, 15) is 4.79 Å². The molecule has 0 unspecified atom stereocenters. The van der Waals surface area contributed by atoms with Gasteiger partial charge in [0.25, 0.3) is 5.56 Å². The Morgan fingerprint density at radius 2 is 1.91 bits per heavy atom. The van der Waals surface area contributed by atoms with Crippen LogP contribution in [0.25, 0.3) is 32.7 Å². The molecule has 0 aliphatic heterocycles. The normalized spacial score (nSPS) is 11.8. The largest absolute Gasteiger partial charge is 0.339 e. The second-order valence-electron chi connectivity index (χ2n) is 8.19. The molecular formula is C24H21N7O. The molecule has 0 atom stereocenters. The number of aryl methyl sites for hydroxylation is 2. The van der Waals surface area contributed by atoms with Crippen LogP contribution >= 0.6 is 0 Å². The first-order valence-corrected chi connectivity index (χ1v) is 10.4. The maximum absolute atomic E-state index is 13.4. The molecule has 2 aromatic carbocycles. The zero-order chi connectivity index (χ0) is 21.8. The molecule has 8 heteroatoms. The molecule has 0 spiro atoms. The first-order valence-electron chi connectivity index (χ1n) is 10.4. The Labute approximate surface area is 182 Å². The fourth-order valence-corrected chi connectivity index (χ4v) is 4.52. The van der Waals surface area contributed by atoms with Crippen molar-refractivity contribution in [3.63, 3.8) is 0 Å². The van der Waals surface area contributed by atoms with Gasteiger partial charge in [0.05, 0.1) is 30.1 Å². The van der Waals surface area contributed by atoms with Gasteiger partial charge in [0.1, 0.15) is 5.52 Å². The van der Waals surface area contributed by atoms with Crippen LogP contribution in [0.5, 0.6) is 0 Å². The molecular weight excluding hydrogens is 402 g/mol. The molecule has 6 rings (SSSR count). The summed E-state index contributed by atoms with van der Waals surface area (Å²) in [6, 6.07) is 14.3. The van der Waals surface area contributed by atoms with E-state index in [-0.39, 0.29) is 5.56 Å². The Morgan fingerprint density at radius 3 is 2.75 bits per heavy atom. The molecule has 0 fully saturated rings. The third kappa shape index (κ3) is 2.84. The molecule has 0 bridgehead atoms. The number of hydrogen-bond donors (Lipinski definition) is 1. The summed E-state index contributed by atoms with van der Waals surface area (Å²) in [5.41, 5.74) is 5.69. The lowest BCUT2D eigenvalue weighted by Gasteiger charge is -2.06. The van der Waals surface area contributed by atoms with Gasteiger partial charge in [0.2, 0.25) is 0 Å². The number of aromatic amines is 1. The SMILES string of the molecule is Cn1ccc(Cc2ccc3c4cnn(Cc5cccc6[nH]ncc56)c(=O)c4n(C)c3c2)n1. The fourth-order valence-electron chi connectivity index (χ4n) is 4.52. The lowest BCUT2D eigenvalue weighted by atomic mass is 10.1. The number of hydrogen-bond acceptors (Lipinski definition) is 4.